The smallest absolute Gasteiger partial charge is 0.272 e. The van der Waals surface area contributed by atoms with Gasteiger partial charge in [-0.05, 0) is 83.3 Å². The summed E-state index contributed by atoms with van der Waals surface area (Å²) < 4.78 is 0. The quantitative estimate of drug-likeness (QED) is 0.113. The van der Waals surface area contributed by atoms with Crippen LogP contribution in [-0.2, 0) is 16.0 Å². The maximum atomic E-state index is 13.5. The second-order valence-electron chi connectivity index (χ2n) is 10.2. The minimum absolute atomic E-state index is 0.0752. The van der Waals surface area contributed by atoms with Crippen molar-refractivity contribution in [2.45, 2.75) is 25.2 Å². The minimum atomic E-state index is -0.452. The molecule has 3 amide bonds. The van der Waals surface area contributed by atoms with E-state index >= 15 is 0 Å². The first-order valence-corrected chi connectivity index (χ1v) is 15.4. The predicted octanol–water partition coefficient (Wildman–Crippen LogP) is 7.85. The van der Waals surface area contributed by atoms with Crippen LogP contribution in [-0.4, -0.2) is 23.5 Å². The molecule has 0 bridgehead atoms. The summed E-state index contributed by atoms with van der Waals surface area (Å²) in [4.78, 5) is 40.1. The Hall–Kier alpha value is -5.14. The van der Waals surface area contributed by atoms with Gasteiger partial charge >= 0.3 is 0 Å². The molecule has 3 N–H and O–H groups in total. The molecule has 44 heavy (non-hydrogen) atoms. The number of carbonyl (C=O) groups excluding carboxylic acids is 3. The van der Waals surface area contributed by atoms with Crippen LogP contribution in [0.15, 0.2) is 126 Å². The fourth-order valence-electron chi connectivity index (χ4n) is 4.83. The highest BCUT2D eigenvalue weighted by molar-refractivity contribution is 8.00. The molecule has 5 aromatic rings. The van der Waals surface area contributed by atoms with Crippen molar-refractivity contribution in [2.24, 2.45) is 0 Å². The summed E-state index contributed by atoms with van der Waals surface area (Å²) in [5.41, 5.74) is 4.97. The molecule has 0 radical (unpaired) electrons. The highest BCUT2D eigenvalue weighted by Gasteiger charge is 2.16. The van der Waals surface area contributed by atoms with Gasteiger partial charge in [-0.2, -0.15) is 0 Å². The number of benzene rings is 5. The number of rotatable bonds is 10. The molecule has 220 valence electrons. The number of hydrogen-bond acceptors (Lipinski definition) is 4. The van der Waals surface area contributed by atoms with Gasteiger partial charge in [0.1, 0.15) is 5.70 Å². The van der Waals surface area contributed by atoms with Gasteiger partial charge in [0.25, 0.3) is 11.8 Å². The van der Waals surface area contributed by atoms with Crippen LogP contribution in [0, 0.1) is 6.92 Å². The van der Waals surface area contributed by atoms with Crippen LogP contribution in [0.4, 0.5) is 11.4 Å². The Balaban J connectivity index is 1.29. The maximum absolute atomic E-state index is 13.5. The first-order valence-electron chi connectivity index (χ1n) is 14.4. The zero-order valence-electron chi connectivity index (χ0n) is 24.6. The van der Waals surface area contributed by atoms with E-state index in [0.29, 0.717) is 11.3 Å². The van der Waals surface area contributed by atoms with Gasteiger partial charge < -0.3 is 16.0 Å². The molecule has 0 saturated heterocycles. The molecular formula is C37H33N3O3S. The van der Waals surface area contributed by atoms with Gasteiger partial charge in [-0.1, -0.05) is 85.8 Å². The van der Waals surface area contributed by atoms with Gasteiger partial charge in [0.15, 0.2) is 0 Å². The maximum Gasteiger partial charge on any atom is 0.272 e. The molecule has 0 unspecified atom stereocenters. The summed E-state index contributed by atoms with van der Waals surface area (Å²) in [5, 5.41) is 10.8. The van der Waals surface area contributed by atoms with Crippen LogP contribution in [0.2, 0.25) is 0 Å². The van der Waals surface area contributed by atoms with Crippen LogP contribution in [0.5, 0.6) is 0 Å². The number of aryl methyl sites for hydroxylation is 2. The lowest BCUT2D eigenvalue weighted by molar-refractivity contribution is -0.114. The summed E-state index contributed by atoms with van der Waals surface area (Å²) in [5.74, 6) is -0.651. The first kappa shape index (κ1) is 30.3. The van der Waals surface area contributed by atoms with Gasteiger partial charge in [0.05, 0.1) is 5.75 Å². The molecule has 0 heterocycles. The third-order valence-corrected chi connectivity index (χ3v) is 8.15. The highest BCUT2D eigenvalue weighted by Crippen LogP contribution is 2.25. The number of para-hydroxylation sites is 1. The fraction of sp³-hybridized carbons (Fsp3) is 0.108. The lowest BCUT2D eigenvalue weighted by Crippen LogP contribution is -2.30. The van der Waals surface area contributed by atoms with Crippen molar-refractivity contribution in [3.8, 4) is 0 Å². The van der Waals surface area contributed by atoms with Crippen LogP contribution >= 0.6 is 11.8 Å². The summed E-state index contributed by atoms with van der Waals surface area (Å²) in [6.45, 7) is 4.06. The van der Waals surface area contributed by atoms with E-state index in [4.69, 9.17) is 0 Å². The average molecular weight is 600 g/mol. The molecule has 6 nitrogen and oxygen atoms in total. The molecule has 0 saturated carbocycles. The van der Waals surface area contributed by atoms with Crippen molar-refractivity contribution in [1.29, 1.82) is 0 Å². The van der Waals surface area contributed by atoms with Crippen molar-refractivity contribution < 1.29 is 14.4 Å². The number of carbonyl (C=O) groups is 3. The largest absolute Gasteiger partial charge is 0.325 e. The Morgan fingerprint density at radius 1 is 0.750 bits per heavy atom. The van der Waals surface area contributed by atoms with Crippen molar-refractivity contribution >= 4 is 57.7 Å². The number of thioether (sulfide) groups is 1. The zero-order chi connectivity index (χ0) is 30.9. The lowest BCUT2D eigenvalue weighted by Gasteiger charge is -2.13. The van der Waals surface area contributed by atoms with E-state index in [1.165, 1.54) is 11.8 Å². The summed E-state index contributed by atoms with van der Waals surface area (Å²) >= 11 is 1.42. The Morgan fingerprint density at radius 3 is 2.23 bits per heavy atom. The molecule has 5 rings (SSSR count). The first-order chi connectivity index (χ1) is 21.4. The second-order valence-corrected chi connectivity index (χ2v) is 11.3. The Bertz CT molecular complexity index is 1830. The minimum Gasteiger partial charge on any atom is -0.325 e. The summed E-state index contributed by atoms with van der Waals surface area (Å²) in [7, 11) is 0. The van der Waals surface area contributed by atoms with Crippen LogP contribution in [0.1, 0.15) is 34.0 Å². The third kappa shape index (κ3) is 7.62. The topological polar surface area (TPSA) is 87.3 Å². The number of amides is 3. The van der Waals surface area contributed by atoms with Crippen LogP contribution in [0.3, 0.4) is 0 Å². The fourth-order valence-corrected chi connectivity index (χ4v) is 5.53. The molecule has 5 aromatic carbocycles. The highest BCUT2D eigenvalue weighted by atomic mass is 32.2. The molecule has 0 atom stereocenters. The predicted molar refractivity (Wildman–Crippen MR) is 181 cm³/mol. The van der Waals surface area contributed by atoms with Gasteiger partial charge in [0.2, 0.25) is 5.91 Å². The normalized spacial score (nSPS) is 11.2. The van der Waals surface area contributed by atoms with E-state index in [1.807, 2.05) is 85.8 Å². The standard InChI is InChI=1S/C37H33N3O3S/c1-3-26-15-9-11-25(2)35(26)40-34(41)24-44-31-21-19-30(20-22-31)38-37(43)33(39-36(42)28-13-5-4-6-14-28)23-29-17-10-16-27-12-7-8-18-32(27)29/h4-23H,3,24H2,1-2H3,(H,38,43)(H,39,42)(H,40,41)/b33-23-. The van der Waals surface area contributed by atoms with Gasteiger partial charge in [-0.3, -0.25) is 14.4 Å². The van der Waals surface area contributed by atoms with E-state index < -0.39 is 5.91 Å². The zero-order valence-corrected chi connectivity index (χ0v) is 25.4. The number of hydrogen-bond donors (Lipinski definition) is 3. The molecule has 0 fully saturated rings. The van der Waals surface area contributed by atoms with E-state index in [0.717, 1.165) is 44.5 Å². The summed E-state index contributed by atoms with van der Waals surface area (Å²) in [6.07, 6.45) is 2.53. The van der Waals surface area contributed by atoms with E-state index in [1.54, 1.807) is 42.5 Å². The lowest BCUT2D eigenvalue weighted by atomic mass is 10.0. The third-order valence-electron chi connectivity index (χ3n) is 7.14. The Kier molecular flexibility index (Phi) is 9.89. The number of nitrogens with one attached hydrogen (secondary N) is 3. The second kappa shape index (κ2) is 14.4. The van der Waals surface area contributed by atoms with E-state index in [9.17, 15) is 14.4 Å². The Morgan fingerprint density at radius 2 is 1.45 bits per heavy atom. The van der Waals surface area contributed by atoms with Crippen LogP contribution in [0.25, 0.3) is 16.8 Å². The van der Waals surface area contributed by atoms with Gasteiger partial charge in [-0.25, -0.2) is 0 Å². The monoisotopic (exact) mass is 599 g/mol. The molecule has 0 aliphatic heterocycles. The summed E-state index contributed by atoms with van der Waals surface area (Å²) in [6, 6.07) is 35.8. The molecule has 0 spiro atoms. The van der Waals surface area contributed by atoms with Gasteiger partial charge in [0, 0.05) is 21.8 Å². The van der Waals surface area contributed by atoms with E-state index in [-0.39, 0.29) is 23.3 Å². The average Bonchev–Trinajstić information content (AvgIpc) is 3.05. The SMILES string of the molecule is CCc1cccc(C)c1NC(=O)CSc1ccc(NC(=O)/C(=C/c2cccc3ccccc23)NC(=O)c2ccccc2)cc1. The number of anilines is 2. The Labute approximate surface area is 261 Å². The number of fused-ring (bicyclic) bond motifs is 1. The van der Waals surface area contributed by atoms with E-state index in [2.05, 4.69) is 22.9 Å². The van der Waals surface area contributed by atoms with Crippen molar-refractivity contribution in [3.63, 3.8) is 0 Å². The van der Waals surface area contributed by atoms with Crippen molar-refractivity contribution in [1.82, 2.24) is 5.32 Å². The van der Waals surface area contributed by atoms with Gasteiger partial charge in [-0.15, -0.1) is 11.8 Å². The molecule has 7 heteroatoms. The molecule has 0 aliphatic carbocycles. The van der Waals surface area contributed by atoms with Crippen molar-refractivity contribution in [3.05, 3.63) is 143 Å². The van der Waals surface area contributed by atoms with Crippen molar-refractivity contribution in [2.75, 3.05) is 16.4 Å². The molecule has 0 aromatic heterocycles. The molecule has 0 aliphatic rings. The molecular weight excluding hydrogens is 566 g/mol. The van der Waals surface area contributed by atoms with Crippen LogP contribution < -0.4 is 16.0 Å².